The fraction of sp³-hybridized carbons (Fsp3) is 0.300. The lowest BCUT2D eigenvalue weighted by atomic mass is 9.80. The normalized spacial score (nSPS) is 17.9. The van der Waals surface area contributed by atoms with Crippen molar-refractivity contribution in [3.05, 3.63) is 41.6 Å². The fourth-order valence-electron chi connectivity index (χ4n) is 1.33. The van der Waals surface area contributed by atoms with Crippen molar-refractivity contribution in [1.29, 1.82) is 0 Å². The van der Waals surface area contributed by atoms with Gasteiger partial charge in [0.25, 0.3) is 0 Å². The second kappa shape index (κ2) is 2.65. The summed E-state index contributed by atoms with van der Waals surface area (Å²) >= 11 is 0. The van der Waals surface area contributed by atoms with E-state index in [9.17, 15) is 4.39 Å². The van der Waals surface area contributed by atoms with E-state index in [2.05, 4.69) is 0 Å². The van der Waals surface area contributed by atoms with Crippen LogP contribution in [-0.4, -0.2) is 0 Å². The van der Waals surface area contributed by atoms with Crippen molar-refractivity contribution >= 4 is 0 Å². The molecule has 1 fully saturated rings. The lowest BCUT2D eigenvalue weighted by Crippen LogP contribution is -2.09. The molecule has 1 saturated carbocycles. The van der Waals surface area contributed by atoms with Crippen molar-refractivity contribution in [2.45, 2.75) is 19.3 Å². The van der Waals surface area contributed by atoms with Crippen molar-refractivity contribution in [2.24, 2.45) is 0 Å². The Morgan fingerprint density at radius 3 is 2.09 bits per heavy atom. The lowest BCUT2D eigenvalue weighted by Gasteiger charge is -2.24. The molecule has 1 aromatic carbocycles. The Balaban J connectivity index is 2.18. The minimum absolute atomic E-state index is 0.145. The fourth-order valence-corrected chi connectivity index (χ4v) is 1.33. The first-order valence-electron chi connectivity index (χ1n) is 3.97. The summed E-state index contributed by atoms with van der Waals surface area (Å²) in [4.78, 5) is 0. The lowest BCUT2D eigenvalue weighted by molar-refractivity contribution is 0.575. The Hall–Kier alpha value is -0.850. The third kappa shape index (κ3) is 1.28. The first-order valence-corrected chi connectivity index (χ1v) is 3.97. The van der Waals surface area contributed by atoms with Crippen LogP contribution in [0.3, 0.4) is 0 Å². The molecule has 1 aromatic rings. The molecule has 11 heavy (non-hydrogen) atoms. The van der Waals surface area contributed by atoms with E-state index in [0.29, 0.717) is 0 Å². The minimum atomic E-state index is -0.145. The zero-order chi connectivity index (χ0) is 7.68. The van der Waals surface area contributed by atoms with Gasteiger partial charge in [-0.15, -0.1) is 0 Å². The maximum absolute atomic E-state index is 12.5. The molecule has 0 spiro atoms. The van der Waals surface area contributed by atoms with Gasteiger partial charge in [-0.2, -0.15) is 0 Å². The third-order valence-electron chi connectivity index (χ3n) is 2.21. The summed E-state index contributed by atoms with van der Waals surface area (Å²) in [6.45, 7) is 0. The Kier molecular flexibility index (Phi) is 1.65. The Morgan fingerprint density at radius 1 is 1.00 bits per heavy atom. The summed E-state index contributed by atoms with van der Waals surface area (Å²) < 4.78 is 12.5. The van der Waals surface area contributed by atoms with Crippen molar-refractivity contribution < 1.29 is 4.39 Å². The summed E-state index contributed by atoms with van der Waals surface area (Å²) in [6, 6.07) is 6.79. The molecule has 0 bridgehead atoms. The number of benzene rings is 1. The van der Waals surface area contributed by atoms with E-state index >= 15 is 0 Å². The van der Waals surface area contributed by atoms with Gasteiger partial charge in [-0.05, 0) is 30.5 Å². The van der Waals surface area contributed by atoms with Gasteiger partial charge in [-0.25, -0.2) is 4.39 Å². The number of rotatable bonds is 1. The molecule has 0 nitrogen and oxygen atoms in total. The zero-order valence-electron chi connectivity index (χ0n) is 6.31. The topological polar surface area (TPSA) is 0 Å². The van der Waals surface area contributed by atoms with Crippen LogP contribution in [0.15, 0.2) is 24.3 Å². The van der Waals surface area contributed by atoms with Crippen LogP contribution in [0, 0.1) is 11.7 Å². The van der Waals surface area contributed by atoms with Gasteiger partial charge >= 0.3 is 0 Å². The summed E-state index contributed by atoms with van der Waals surface area (Å²) in [5.41, 5.74) is 1.22. The predicted molar refractivity (Wildman–Crippen MR) is 42.6 cm³/mol. The van der Waals surface area contributed by atoms with Crippen LogP contribution in [-0.2, 0) is 0 Å². The highest BCUT2D eigenvalue weighted by atomic mass is 19.1. The van der Waals surface area contributed by atoms with Crippen molar-refractivity contribution in [3.63, 3.8) is 0 Å². The number of hydrogen-bond acceptors (Lipinski definition) is 0. The van der Waals surface area contributed by atoms with Crippen molar-refractivity contribution in [3.8, 4) is 0 Å². The smallest absolute Gasteiger partial charge is 0.123 e. The molecule has 2 rings (SSSR count). The molecular weight excluding hydrogens is 139 g/mol. The van der Waals surface area contributed by atoms with E-state index in [1.54, 1.807) is 0 Å². The van der Waals surface area contributed by atoms with Gasteiger partial charge in [-0.3, -0.25) is 0 Å². The van der Waals surface area contributed by atoms with Gasteiger partial charge < -0.3 is 0 Å². The monoisotopic (exact) mass is 149 g/mol. The summed E-state index contributed by atoms with van der Waals surface area (Å²) in [7, 11) is 0. The Labute approximate surface area is 66.1 Å². The van der Waals surface area contributed by atoms with Crippen LogP contribution < -0.4 is 0 Å². The first-order chi connectivity index (χ1) is 5.36. The average molecular weight is 149 g/mol. The molecule has 0 aromatic heterocycles. The standard InChI is InChI=1S/C10H10F/c11-10-6-4-9(5-7-10)8-2-1-3-8/h4-7H,1-3H2. The van der Waals surface area contributed by atoms with Crippen molar-refractivity contribution in [1.82, 2.24) is 0 Å². The SMILES string of the molecule is Fc1ccc([C]2CCC2)cc1. The van der Waals surface area contributed by atoms with Crippen LogP contribution in [0.2, 0.25) is 0 Å². The maximum Gasteiger partial charge on any atom is 0.123 e. The molecule has 57 valence electrons. The molecule has 1 aliphatic carbocycles. The molecule has 1 heteroatoms. The van der Waals surface area contributed by atoms with Gasteiger partial charge in [0.05, 0.1) is 0 Å². The number of halogens is 1. The predicted octanol–water partition coefficient (Wildman–Crippen LogP) is 2.93. The van der Waals surface area contributed by atoms with Gasteiger partial charge in [0.2, 0.25) is 0 Å². The third-order valence-corrected chi connectivity index (χ3v) is 2.21. The average Bonchev–Trinajstić information content (AvgIpc) is 1.90. The highest BCUT2D eigenvalue weighted by Crippen LogP contribution is 2.34. The molecule has 0 aliphatic heterocycles. The molecule has 0 saturated heterocycles. The molecule has 0 N–H and O–H groups in total. The number of hydrogen-bond donors (Lipinski definition) is 0. The van der Waals surface area contributed by atoms with Gasteiger partial charge in [-0.1, -0.05) is 18.6 Å². The molecule has 0 amide bonds. The van der Waals surface area contributed by atoms with Crippen LogP contribution in [0.1, 0.15) is 24.8 Å². The van der Waals surface area contributed by atoms with E-state index < -0.39 is 0 Å². The zero-order valence-corrected chi connectivity index (χ0v) is 6.31. The van der Waals surface area contributed by atoms with Crippen LogP contribution in [0.4, 0.5) is 4.39 Å². The van der Waals surface area contributed by atoms with Crippen LogP contribution in [0.25, 0.3) is 0 Å². The highest BCUT2D eigenvalue weighted by molar-refractivity contribution is 5.33. The second-order valence-electron chi connectivity index (χ2n) is 2.96. The Morgan fingerprint density at radius 2 is 1.64 bits per heavy atom. The summed E-state index contributed by atoms with van der Waals surface area (Å²) in [5, 5.41) is 0. The van der Waals surface area contributed by atoms with Gasteiger partial charge in [0.15, 0.2) is 0 Å². The van der Waals surface area contributed by atoms with E-state index in [4.69, 9.17) is 0 Å². The molecule has 1 radical (unpaired) electrons. The van der Waals surface area contributed by atoms with Gasteiger partial charge in [0.1, 0.15) is 5.82 Å². The van der Waals surface area contributed by atoms with E-state index in [0.717, 1.165) is 0 Å². The largest absolute Gasteiger partial charge is 0.207 e. The van der Waals surface area contributed by atoms with E-state index in [1.165, 1.54) is 42.9 Å². The second-order valence-corrected chi connectivity index (χ2v) is 2.96. The minimum Gasteiger partial charge on any atom is -0.207 e. The molecule has 0 atom stereocenters. The quantitative estimate of drug-likeness (QED) is 0.576. The summed E-state index contributed by atoms with van der Waals surface area (Å²) in [5.74, 6) is 1.33. The van der Waals surface area contributed by atoms with E-state index in [1.807, 2.05) is 12.1 Å². The molecular formula is C10H10F. The summed E-state index contributed by atoms with van der Waals surface area (Å²) in [6.07, 6.45) is 3.70. The first kappa shape index (κ1) is 6.84. The van der Waals surface area contributed by atoms with Crippen LogP contribution in [0.5, 0.6) is 0 Å². The molecule has 0 unspecified atom stereocenters. The Bertz CT molecular complexity index is 234. The van der Waals surface area contributed by atoms with E-state index in [-0.39, 0.29) is 5.82 Å². The molecule has 1 aliphatic rings. The van der Waals surface area contributed by atoms with Crippen LogP contribution >= 0.6 is 0 Å². The van der Waals surface area contributed by atoms with Gasteiger partial charge in [0, 0.05) is 5.92 Å². The van der Waals surface area contributed by atoms with Crippen molar-refractivity contribution in [2.75, 3.05) is 0 Å². The maximum atomic E-state index is 12.5. The highest BCUT2D eigenvalue weighted by Gasteiger charge is 2.19. The molecule has 0 heterocycles.